The third-order valence-electron chi connectivity index (χ3n) is 3.62. The SMILES string of the molecule is COP(=O)(O)OCCCCNC(=O)Cc1cnc2c(c1)=CCCC=2.[HH]. The van der Waals surface area contributed by atoms with Crippen molar-refractivity contribution in [2.75, 3.05) is 20.3 Å². The standard InChI is InChI=1S/C16H23N2O5P.H2/c1-22-24(20,21)23-9-5-4-8-17-16(19)11-13-10-14-6-2-3-7-15(14)18-12-13;/h6-7,10,12H,2-5,8-9,11H2,1H3,(H,17,19)(H,20,21);1H. The van der Waals surface area contributed by atoms with Gasteiger partial charge in [-0.05, 0) is 42.5 Å². The van der Waals surface area contributed by atoms with E-state index in [1.54, 1.807) is 6.20 Å². The van der Waals surface area contributed by atoms with Crippen LogP contribution in [0.25, 0.3) is 12.2 Å². The van der Waals surface area contributed by atoms with Gasteiger partial charge in [-0.3, -0.25) is 18.8 Å². The van der Waals surface area contributed by atoms with E-state index in [0.29, 0.717) is 25.8 Å². The van der Waals surface area contributed by atoms with Crippen molar-refractivity contribution >= 4 is 25.9 Å². The van der Waals surface area contributed by atoms with Gasteiger partial charge in [0, 0.05) is 21.3 Å². The lowest BCUT2D eigenvalue weighted by molar-refractivity contribution is -0.120. The molecule has 134 valence electrons. The Morgan fingerprint density at radius 1 is 1.42 bits per heavy atom. The zero-order chi connectivity index (χ0) is 17.4. The Morgan fingerprint density at radius 3 is 3.00 bits per heavy atom. The molecule has 1 aromatic heterocycles. The molecule has 1 heterocycles. The normalized spacial score (nSPS) is 15.6. The van der Waals surface area contributed by atoms with E-state index >= 15 is 0 Å². The number of hydrogen-bond donors (Lipinski definition) is 2. The molecule has 0 saturated carbocycles. The summed E-state index contributed by atoms with van der Waals surface area (Å²) in [6.45, 7) is 0.599. The predicted octanol–water partition coefficient (Wildman–Crippen LogP) is 0.885. The molecule has 7 nitrogen and oxygen atoms in total. The van der Waals surface area contributed by atoms with E-state index < -0.39 is 7.82 Å². The van der Waals surface area contributed by atoms with Crippen LogP contribution in [0, 0.1) is 0 Å². The van der Waals surface area contributed by atoms with Crippen LogP contribution >= 0.6 is 7.82 Å². The molecule has 0 bridgehead atoms. The van der Waals surface area contributed by atoms with Gasteiger partial charge in [0.05, 0.1) is 18.4 Å². The second-order valence-electron chi connectivity index (χ2n) is 5.52. The first kappa shape index (κ1) is 18.8. The van der Waals surface area contributed by atoms with Crippen molar-refractivity contribution in [3.63, 3.8) is 0 Å². The molecule has 0 aromatic carbocycles. The van der Waals surface area contributed by atoms with Crippen LogP contribution in [0.2, 0.25) is 0 Å². The molecule has 0 fully saturated rings. The number of nitrogens with one attached hydrogen (secondary N) is 1. The lowest BCUT2D eigenvalue weighted by Crippen LogP contribution is -2.32. The molecule has 1 unspecified atom stereocenters. The Bertz CT molecular complexity index is 741. The lowest BCUT2D eigenvalue weighted by Gasteiger charge is -2.09. The fourth-order valence-electron chi connectivity index (χ4n) is 2.36. The monoisotopic (exact) mass is 356 g/mol. The average Bonchev–Trinajstić information content (AvgIpc) is 2.58. The Balaban J connectivity index is 0.00000312. The van der Waals surface area contributed by atoms with Crippen molar-refractivity contribution in [2.45, 2.75) is 32.1 Å². The van der Waals surface area contributed by atoms with Gasteiger partial charge >= 0.3 is 7.82 Å². The number of nitrogens with zero attached hydrogens (tertiary/aromatic N) is 1. The van der Waals surface area contributed by atoms with Crippen molar-refractivity contribution in [3.05, 3.63) is 28.4 Å². The van der Waals surface area contributed by atoms with Gasteiger partial charge in [-0.2, -0.15) is 0 Å². The summed E-state index contributed by atoms with van der Waals surface area (Å²) in [5.41, 5.74) is 0.891. The van der Waals surface area contributed by atoms with Crippen LogP contribution in [0.5, 0.6) is 0 Å². The van der Waals surface area contributed by atoms with Crippen LogP contribution < -0.4 is 15.9 Å². The summed E-state index contributed by atoms with van der Waals surface area (Å²) >= 11 is 0. The zero-order valence-corrected chi connectivity index (χ0v) is 14.6. The maximum Gasteiger partial charge on any atom is 0.471 e. The van der Waals surface area contributed by atoms with Crippen LogP contribution in [0.3, 0.4) is 0 Å². The van der Waals surface area contributed by atoms with Gasteiger partial charge in [-0.25, -0.2) is 4.57 Å². The number of pyridine rings is 1. The van der Waals surface area contributed by atoms with E-state index in [-0.39, 0.29) is 13.9 Å². The van der Waals surface area contributed by atoms with Crippen molar-refractivity contribution in [1.82, 2.24) is 10.3 Å². The molecule has 1 atom stereocenters. The predicted molar refractivity (Wildman–Crippen MR) is 92.5 cm³/mol. The van der Waals surface area contributed by atoms with Crippen LogP contribution in [0.4, 0.5) is 0 Å². The molecule has 0 spiro atoms. The molecule has 1 aliphatic carbocycles. The summed E-state index contributed by atoms with van der Waals surface area (Å²) in [4.78, 5) is 25.4. The van der Waals surface area contributed by atoms with E-state index in [0.717, 1.165) is 36.1 Å². The van der Waals surface area contributed by atoms with Crippen molar-refractivity contribution in [3.8, 4) is 0 Å². The van der Waals surface area contributed by atoms with Gasteiger partial charge in [0.1, 0.15) is 0 Å². The number of fused-ring (bicyclic) bond motifs is 1. The maximum absolute atomic E-state index is 11.9. The number of rotatable bonds is 9. The molecule has 2 rings (SSSR count). The van der Waals surface area contributed by atoms with E-state index in [4.69, 9.17) is 9.42 Å². The van der Waals surface area contributed by atoms with Gasteiger partial charge in [0.15, 0.2) is 0 Å². The molecule has 0 radical (unpaired) electrons. The number of phosphoric acid groups is 1. The summed E-state index contributed by atoms with van der Waals surface area (Å²) in [7, 11) is -2.78. The summed E-state index contributed by atoms with van der Waals surface area (Å²) in [6, 6.07) is 2.01. The minimum absolute atomic E-state index is 0. The molecule has 1 aromatic rings. The van der Waals surface area contributed by atoms with E-state index in [1.165, 1.54) is 0 Å². The first-order valence-electron chi connectivity index (χ1n) is 7.95. The number of aromatic nitrogens is 1. The minimum Gasteiger partial charge on any atom is -0.356 e. The van der Waals surface area contributed by atoms with Crippen LogP contribution in [-0.2, 0) is 24.8 Å². The first-order chi connectivity index (χ1) is 11.5. The molecule has 0 aliphatic heterocycles. The first-order valence-corrected chi connectivity index (χ1v) is 9.45. The van der Waals surface area contributed by atoms with Gasteiger partial charge in [-0.1, -0.05) is 12.2 Å². The highest BCUT2D eigenvalue weighted by Crippen LogP contribution is 2.41. The van der Waals surface area contributed by atoms with Gasteiger partial charge in [0.2, 0.25) is 5.91 Å². The topological polar surface area (TPSA) is 97.8 Å². The van der Waals surface area contributed by atoms with Gasteiger partial charge < -0.3 is 10.2 Å². The number of phosphoric ester groups is 1. The van der Waals surface area contributed by atoms with E-state index in [9.17, 15) is 9.36 Å². The highest BCUT2D eigenvalue weighted by molar-refractivity contribution is 7.47. The van der Waals surface area contributed by atoms with E-state index in [1.807, 2.05) is 6.07 Å². The van der Waals surface area contributed by atoms with Crippen molar-refractivity contribution in [2.24, 2.45) is 0 Å². The summed E-state index contributed by atoms with van der Waals surface area (Å²) in [5, 5.41) is 4.90. The lowest BCUT2D eigenvalue weighted by atomic mass is 10.1. The van der Waals surface area contributed by atoms with Crippen LogP contribution in [0.1, 0.15) is 32.7 Å². The highest BCUT2D eigenvalue weighted by Gasteiger charge is 2.17. The number of amides is 1. The highest BCUT2D eigenvalue weighted by atomic mass is 31.2. The smallest absolute Gasteiger partial charge is 0.356 e. The molecule has 24 heavy (non-hydrogen) atoms. The number of hydrogen-bond acceptors (Lipinski definition) is 5. The maximum atomic E-state index is 11.9. The van der Waals surface area contributed by atoms with Crippen LogP contribution in [0.15, 0.2) is 12.3 Å². The molecule has 1 aliphatic rings. The number of unbranched alkanes of at least 4 members (excludes halogenated alkanes) is 1. The summed E-state index contributed by atoms with van der Waals surface area (Å²) in [6.07, 6.45) is 9.52. The Hall–Kier alpha value is -1.53. The molecule has 2 N–H and O–H groups in total. The third-order valence-corrected chi connectivity index (χ3v) is 4.59. The third kappa shape index (κ3) is 6.17. The molecular formula is C16H25N2O5P. The zero-order valence-electron chi connectivity index (χ0n) is 13.7. The number of carbonyl (C=O) groups excluding carboxylic acids is 1. The van der Waals surface area contributed by atoms with Gasteiger partial charge in [-0.15, -0.1) is 0 Å². The summed E-state index contributed by atoms with van der Waals surface area (Å²) < 4.78 is 20.1. The fraction of sp³-hybridized carbons (Fsp3) is 0.500. The van der Waals surface area contributed by atoms with Gasteiger partial charge in [0.25, 0.3) is 0 Å². The molecule has 8 heteroatoms. The van der Waals surface area contributed by atoms with Crippen molar-refractivity contribution in [1.29, 1.82) is 0 Å². The molecule has 0 saturated heterocycles. The average molecular weight is 356 g/mol. The Labute approximate surface area is 142 Å². The summed E-state index contributed by atoms with van der Waals surface area (Å²) in [5.74, 6) is -0.0674. The quantitative estimate of drug-likeness (QED) is 0.504. The molecule has 1 amide bonds. The van der Waals surface area contributed by atoms with E-state index in [2.05, 4.69) is 27.0 Å². The second kappa shape index (κ2) is 9.08. The second-order valence-corrected chi connectivity index (χ2v) is 7.08. The number of carbonyl (C=O) groups is 1. The molecular weight excluding hydrogens is 331 g/mol. The van der Waals surface area contributed by atoms with Crippen LogP contribution in [-0.4, -0.2) is 36.0 Å². The minimum atomic E-state index is -3.90. The Morgan fingerprint density at radius 2 is 2.21 bits per heavy atom. The fourth-order valence-corrected chi connectivity index (χ4v) is 2.83. The van der Waals surface area contributed by atoms with Crippen molar-refractivity contribution < 1.29 is 24.7 Å². The largest absolute Gasteiger partial charge is 0.471 e. The Kier molecular flexibility index (Phi) is 7.12.